The minimum absolute atomic E-state index is 0.0892. The SMILES string of the molecule is CC(=O)Nc1ccc(N=Nc2ccccc2)cc1.COC(=O)c1ccc(CSc2ncccn2)cc1. The van der Waals surface area contributed by atoms with Crippen LogP contribution >= 0.6 is 11.8 Å². The number of hydrogen-bond acceptors (Lipinski definition) is 8. The van der Waals surface area contributed by atoms with E-state index in [2.05, 4.69) is 30.3 Å². The van der Waals surface area contributed by atoms with Gasteiger partial charge >= 0.3 is 5.97 Å². The number of aromatic nitrogens is 2. The largest absolute Gasteiger partial charge is 0.465 e. The topological polar surface area (TPSA) is 106 Å². The zero-order valence-electron chi connectivity index (χ0n) is 19.9. The molecule has 0 fully saturated rings. The molecule has 0 bridgehead atoms. The first-order valence-corrected chi connectivity index (χ1v) is 11.9. The van der Waals surface area contributed by atoms with Crippen LogP contribution in [-0.2, 0) is 15.3 Å². The second kappa shape index (κ2) is 14.1. The van der Waals surface area contributed by atoms with Gasteiger partial charge in [-0.2, -0.15) is 10.2 Å². The van der Waals surface area contributed by atoms with Gasteiger partial charge < -0.3 is 10.1 Å². The van der Waals surface area contributed by atoms with Gasteiger partial charge in [-0.25, -0.2) is 14.8 Å². The number of ether oxygens (including phenoxy) is 1. The molecule has 0 aliphatic heterocycles. The molecule has 1 heterocycles. The van der Waals surface area contributed by atoms with E-state index in [1.165, 1.54) is 14.0 Å². The van der Waals surface area contributed by atoms with Gasteiger partial charge in [0.1, 0.15) is 0 Å². The molecule has 4 aromatic rings. The van der Waals surface area contributed by atoms with Gasteiger partial charge in [0, 0.05) is 30.8 Å². The first-order valence-electron chi connectivity index (χ1n) is 10.9. The van der Waals surface area contributed by atoms with Gasteiger partial charge in [-0.15, -0.1) is 0 Å². The van der Waals surface area contributed by atoms with Crippen LogP contribution in [0.2, 0.25) is 0 Å². The van der Waals surface area contributed by atoms with E-state index in [-0.39, 0.29) is 11.9 Å². The molecule has 1 aromatic heterocycles. The predicted octanol–water partition coefficient (Wildman–Crippen LogP) is 6.62. The number of carbonyl (C=O) groups is 2. The molecule has 0 saturated carbocycles. The second-order valence-electron chi connectivity index (χ2n) is 7.27. The highest BCUT2D eigenvalue weighted by molar-refractivity contribution is 7.98. The Morgan fingerprint density at radius 3 is 2.03 bits per heavy atom. The van der Waals surface area contributed by atoms with Crippen molar-refractivity contribution in [3.8, 4) is 0 Å². The number of amides is 1. The molecule has 9 heteroatoms. The number of rotatable bonds is 7. The lowest BCUT2D eigenvalue weighted by atomic mass is 10.1. The standard InChI is InChI=1S/C14H13N3O.C13H12N2O2S/c1-11(18)15-12-7-9-14(10-8-12)17-16-13-5-3-2-4-6-13;1-17-12(16)11-5-3-10(4-6-11)9-18-13-14-7-2-8-15-13/h2-10H,1H3,(H,15,18);2-8H,9H2,1H3. The maximum atomic E-state index is 11.3. The van der Waals surface area contributed by atoms with Crippen molar-refractivity contribution in [1.82, 2.24) is 9.97 Å². The van der Waals surface area contributed by atoms with Gasteiger partial charge in [0.2, 0.25) is 5.91 Å². The zero-order chi connectivity index (χ0) is 25.6. The van der Waals surface area contributed by atoms with Crippen molar-refractivity contribution in [1.29, 1.82) is 0 Å². The number of anilines is 1. The molecule has 0 unspecified atom stereocenters. The number of nitrogens with one attached hydrogen (secondary N) is 1. The van der Waals surface area contributed by atoms with E-state index in [9.17, 15) is 9.59 Å². The number of esters is 1. The summed E-state index contributed by atoms with van der Waals surface area (Å²) in [6.07, 6.45) is 3.44. The Balaban J connectivity index is 0.000000201. The Morgan fingerprint density at radius 1 is 0.833 bits per heavy atom. The van der Waals surface area contributed by atoms with Crippen molar-refractivity contribution in [3.05, 3.63) is 108 Å². The number of nitrogens with zero attached hydrogens (tertiary/aromatic N) is 4. The predicted molar refractivity (Wildman–Crippen MR) is 141 cm³/mol. The van der Waals surface area contributed by atoms with Crippen LogP contribution in [0.4, 0.5) is 17.1 Å². The first-order chi connectivity index (χ1) is 17.5. The summed E-state index contributed by atoms with van der Waals surface area (Å²) in [5, 5.41) is 11.7. The molecule has 182 valence electrons. The maximum absolute atomic E-state index is 11.3. The van der Waals surface area contributed by atoms with E-state index >= 15 is 0 Å². The number of benzene rings is 3. The molecule has 1 N–H and O–H groups in total. The number of carbonyl (C=O) groups excluding carboxylic acids is 2. The molecule has 1 amide bonds. The van der Waals surface area contributed by atoms with Crippen LogP contribution in [0, 0.1) is 0 Å². The summed E-state index contributed by atoms with van der Waals surface area (Å²) in [4.78, 5) is 30.4. The van der Waals surface area contributed by atoms with Crippen LogP contribution in [0.15, 0.2) is 113 Å². The fraction of sp³-hybridized carbons (Fsp3) is 0.111. The number of azo groups is 1. The normalized spacial score (nSPS) is 10.3. The summed E-state index contributed by atoms with van der Waals surface area (Å²) in [5.41, 5.74) is 3.97. The third-order valence-corrected chi connectivity index (χ3v) is 5.46. The van der Waals surface area contributed by atoms with E-state index < -0.39 is 0 Å². The Bertz CT molecular complexity index is 1270. The second-order valence-corrected chi connectivity index (χ2v) is 8.21. The quantitative estimate of drug-likeness (QED) is 0.133. The van der Waals surface area contributed by atoms with Crippen molar-refractivity contribution in [3.63, 3.8) is 0 Å². The lowest BCUT2D eigenvalue weighted by Crippen LogP contribution is -2.04. The number of methoxy groups -OCH3 is 1. The van der Waals surface area contributed by atoms with Crippen LogP contribution in [0.3, 0.4) is 0 Å². The van der Waals surface area contributed by atoms with E-state index in [0.717, 1.165) is 33.5 Å². The summed E-state index contributed by atoms with van der Waals surface area (Å²) < 4.78 is 4.64. The van der Waals surface area contributed by atoms with Crippen molar-refractivity contribution >= 4 is 40.7 Å². The lowest BCUT2D eigenvalue weighted by Gasteiger charge is -2.02. The van der Waals surface area contributed by atoms with Crippen molar-refractivity contribution in [2.75, 3.05) is 12.4 Å². The van der Waals surface area contributed by atoms with E-state index in [0.29, 0.717) is 5.56 Å². The van der Waals surface area contributed by atoms with Crippen LogP contribution in [0.1, 0.15) is 22.8 Å². The van der Waals surface area contributed by atoms with Crippen LogP contribution in [0.5, 0.6) is 0 Å². The first kappa shape index (κ1) is 26.2. The Morgan fingerprint density at radius 2 is 1.44 bits per heavy atom. The molecule has 8 nitrogen and oxygen atoms in total. The maximum Gasteiger partial charge on any atom is 0.337 e. The molecule has 0 aliphatic carbocycles. The van der Waals surface area contributed by atoms with Gasteiger partial charge in [0.25, 0.3) is 0 Å². The lowest BCUT2D eigenvalue weighted by molar-refractivity contribution is -0.114. The van der Waals surface area contributed by atoms with Gasteiger partial charge in [-0.3, -0.25) is 4.79 Å². The average molecular weight is 500 g/mol. The van der Waals surface area contributed by atoms with E-state index in [1.807, 2.05) is 42.5 Å². The fourth-order valence-corrected chi connectivity index (χ4v) is 3.55. The van der Waals surface area contributed by atoms with Gasteiger partial charge in [0.05, 0.1) is 24.0 Å². The number of hydrogen-bond donors (Lipinski definition) is 1. The molecule has 36 heavy (non-hydrogen) atoms. The van der Waals surface area contributed by atoms with Crippen LogP contribution < -0.4 is 5.32 Å². The smallest absolute Gasteiger partial charge is 0.337 e. The van der Waals surface area contributed by atoms with Crippen LogP contribution in [0.25, 0.3) is 0 Å². The highest BCUT2D eigenvalue weighted by atomic mass is 32.2. The van der Waals surface area contributed by atoms with Gasteiger partial charge in [-0.05, 0) is 60.2 Å². The summed E-state index contributed by atoms with van der Waals surface area (Å²) >= 11 is 1.56. The zero-order valence-corrected chi connectivity index (χ0v) is 20.7. The Kier molecular flexibility index (Phi) is 10.3. The molecule has 0 spiro atoms. The summed E-state index contributed by atoms with van der Waals surface area (Å²) in [6.45, 7) is 1.48. The Labute approximate surface area is 213 Å². The third kappa shape index (κ3) is 9.11. The molecular formula is C27H25N5O3S. The summed E-state index contributed by atoms with van der Waals surface area (Å²) in [7, 11) is 1.37. The molecule has 0 saturated heterocycles. The van der Waals surface area contributed by atoms with Gasteiger partial charge in [-0.1, -0.05) is 42.1 Å². The Hall–Kier alpha value is -4.37. The van der Waals surface area contributed by atoms with Gasteiger partial charge in [0.15, 0.2) is 5.16 Å². The van der Waals surface area contributed by atoms with Crippen molar-refractivity contribution < 1.29 is 14.3 Å². The molecule has 3 aromatic carbocycles. The van der Waals surface area contributed by atoms with Crippen LogP contribution in [-0.4, -0.2) is 29.0 Å². The van der Waals surface area contributed by atoms with E-state index in [1.54, 1.807) is 66.6 Å². The highest BCUT2D eigenvalue weighted by Crippen LogP contribution is 2.20. The molecule has 4 rings (SSSR count). The van der Waals surface area contributed by atoms with Crippen molar-refractivity contribution in [2.45, 2.75) is 17.8 Å². The molecule has 0 radical (unpaired) electrons. The third-order valence-electron chi connectivity index (χ3n) is 4.51. The average Bonchev–Trinajstić information content (AvgIpc) is 2.92. The molecular weight excluding hydrogens is 474 g/mol. The minimum atomic E-state index is -0.319. The monoisotopic (exact) mass is 499 g/mol. The minimum Gasteiger partial charge on any atom is -0.465 e. The molecule has 0 aliphatic rings. The highest BCUT2D eigenvalue weighted by Gasteiger charge is 2.05. The van der Waals surface area contributed by atoms with E-state index in [4.69, 9.17) is 0 Å². The number of thioether (sulfide) groups is 1. The summed E-state index contributed by atoms with van der Waals surface area (Å²) in [5.74, 6) is 0.361. The van der Waals surface area contributed by atoms with Crippen molar-refractivity contribution in [2.24, 2.45) is 10.2 Å². The fourth-order valence-electron chi connectivity index (χ4n) is 2.79. The molecule has 0 atom stereocenters. The summed E-state index contributed by atoms with van der Waals surface area (Å²) in [6, 6.07) is 25.8.